The summed E-state index contributed by atoms with van der Waals surface area (Å²) in [5.41, 5.74) is 3.07. The summed E-state index contributed by atoms with van der Waals surface area (Å²) >= 11 is 0. The van der Waals surface area contributed by atoms with E-state index in [0.717, 1.165) is 33.9 Å². The molecule has 1 atom stereocenters. The van der Waals surface area contributed by atoms with E-state index in [2.05, 4.69) is 44.4 Å². The summed E-state index contributed by atoms with van der Waals surface area (Å²) in [6, 6.07) is 15.2. The molecule has 2 heterocycles. The van der Waals surface area contributed by atoms with Gasteiger partial charge >= 0.3 is 0 Å². The molecule has 1 unspecified atom stereocenters. The van der Waals surface area contributed by atoms with Gasteiger partial charge in [-0.05, 0) is 48.8 Å². The molecule has 6 nitrogen and oxygen atoms in total. The van der Waals surface area contributed by atoms with Crippen molar-refractivity contribution >= 4 is 31.8 Å². The number of fused-ring (bicyclic) bond motifs is 2. The number of hydrogen-bond acceptors (Lipinski definition) is 3. The van der Waals surface area contributed by atoms with E-state index in [9.17, 15) is 8.42 Å². The number of aromatic nitrogens is 2. The number of benzene rings is 2. The molecule has 2 aromatic heterocycles. The van der Waals surface area contributed by atoms with Crippen molar-refractivity contribution in [2.45, 2.75) is 17.9 Å². The molecule has 0 aliphatic carbocycles. The first kappa shape index (κ1) is 19.7. The Balaban J connectivity index is 1.65. The van der Waals surface area contributed by atoms with Crippen LogP contribution in [-0.2, 0) is 17.1 Å². The van der Waals surface area contributed by atoms with Crippen molar-refractivity contribution in [3.63, 3.8) is 0 Å². The topological polar surface area (TPSA) is 70.1 Å². The molecule has 29 heavy (non-hydrogen) atoms. The van der Waals surface area contributed by atoms with Crippen molar-refractivity contribution < 1.29 is 8.42 Å². The molecule has 0 spiro atoms. The average molecular weight is 411 g/mol. The highest BCUT2D eigenvalue weighted by atomic mass is 32.2. The van der Waals surface area contributed by atoms with Gasteiger partial charge in [-0.3, -0.25) is 4.90 Å². The maximum absolute atomic E-state index is 13.0. The van der Waals surface area contributed by atoms with Crippen molar-refractivity contribution in [2.75, 3.05) is 20.1 Å². The van der Waals surface area contributed by atoms with E-state index in [1.807, 2.05) is 38.4 Å². The molecule has 0 fully saturated rings. The monoisotopic (exact) mass is 410 g/mol. The number of para-hydroxylation sites is 1. The van der Waals surface area contributed by atoms with Gasteiger partial charge in [0.25, 0.3) is 0 Å². The first-order valence-corrected chi connectivity index (χ1v) is 11.2. The Morgan fingerprint density at radius 1 is 1.17 bits per heavy atom. The number of sulfonamides is 1. The normalized spacial score (nSPS) is 13.5. The Morgan fingerprint density at radius 2 is 1.97 bits per heavy atom. The van der Waals surface area contributed by atoms with Crippen LogP contribution in [0.3, 0.4) is 0 Å². The zero-order valence-corrected chi connectivity index (χ0v) is 17.7. The summed E-state index contributed by atoms with van der Waals surface area (Å²) in [5, 5.41) is 2.13. The minimum absolute atomic E-state index is 0.0740. The SMILES string of the molecule is CCN(C)C(CNS(=O)(=O)c1ccc2cc[nH]c2c1)c1cn(C)c2ccccc12. The fraction of sp³-hybridized carbons (Fsp3) is 0.273. The van der Waals surface area contributed by atoms with Crippen LogP contribution in [0.2, 0.25) is 0 Å². The zero-order chi connectivity index (χ0) is 20.6. The Kier molecular flexibility index (Phi) is 5.21. The molecule has 0 aliphatic heterocycles. The first-order chi connectivity index (χ1) is 13.9. The van der Waals surface area contributed by atoms with E-state index in [1.54, 1.807) is 18.3 Å². The van der Waals surface area contributed by atoms with Gasteiger partial charge < -0.3 is 9.55 Å². The maximum atomic E-state index is 13.0. The van der Waals surface area contributed by atoms with E-state index in [-0.39, 0.29) is 10.9 Å². The highest BCUT2D eigenvalue weighted by Crippen LogP contribution is 2.29. The molecule has 7 heteroatoms. The molecule has 0 bridgehead atoms. The Morgan fingerprint density at radius 3 is 2.76 bits per heavy atom. The summed E-state index contributed by atoms with van der Waals surface area (Å²) in [4.78, 5) is 5.50. The first-order valence-electron chi connectivity index (χ1n) is 9.71. The van der Waals surface area contributed by atoms with Gasteiger partial charge in [-0.1, -0.05) is 31.2 Å². The quantitative estimate of drug-likeness (QED) is 0.489. The second-order valence-corrected chi connectivity index (χ2v) is 9.15. The largest absolute Gasteiger partial charge is 0.361 e. The van der Waals surface area contributed by atoms with Gasteiger partial charge in [0.1, 0.15) is 0 Å². The molecule has 2 aromatic carbocycles. The smallest absolute Gasteiger partial charge is 0.240 e. The summed E-state index contributed by atoms with van der Waals surface area (Å²) < 4.78 is 30.8. The predicted octanol–water partition coefficient (Wildman–Crippen LogP) is 3.63. The van der Waals surface area contributed by atoms with Crippen LogP contribution in [0, 0.1) is 0 Å². The molecule has 4 aromatic rings. The van der Waals surface area contributed by atoms with Crippen LogP contribution < -0.4 is 4.72 Å². The van der Waals surface area contributed by atoms with Crippen molar-refractivity contribution in [2.24, 2.45) is 7.05 Å². The standard InChI is InChI=1S/C22H26N4O2S/c1-4-25(2)22(19-15-26(3)21-8-6-5-7-18(19)21)14-24-29(27,28)17-10-9-16-11-12-23-20(16)13-17/h5-13,15,22-24H,4,14H2,1-3H3. The number of likely N-dealkylation sites (N-methyl/N-ethyl adjacent to an activating group) is 1. The second kappa shape index (κ2) is 7.67. The van der Waals surface area contributed by atoms with Crippen LogP contribution in [0.4, 0.5) is 0 Å². The van der Waals surface area contributed by atoms with E-state index in [0.29, 0.717) is 6.54 Å². The molecule has 0 radical (unpaired) electrons. The zero-order valence-electron chi connectivity index (χ0n) is 16.9. The van der Waals surface area contributed by atoms with Crippen molar-refractivity contribution in [1.29, 1.82) is 0 Å². The van der Waals surface area contributed by atoms with E-state index in [4.69, 9.17) is 0 Å². The number of aromatic amines is 1. The fourth-order valence-electron chi connectivity index (χ4n) is 3.83. The highest BCUT2D eigenvalue weighted by molar-refractivity contribution is 7.89. The molecular weight excluding hydrogens is 384 g/mol. The van der Waals surface area contributed by atoms with E-state index < -0.39 is 10.0 Å². The van der Waals surface area contributed by atoms with Gasteiger partial charge in [0.2, 0.25) is 10.0 Å². The van der Waals surface area contributed by atoms with Crippen LogP contribution in [0.15, 0.2) is 65.8 Å². The third kappa shape index (κ3) is 3.69. The molecular formula is C22H26N4O2S. The van der Waals surface area contributed by atoms with Gasteiger partial charge in [0.05, 0.1) is 10.9 Å². The summed E-state index contributed by atoms with van der Waals surface area (Å²) in [6.07, 6.45) is 3.90. The van der Waals surface area contributed by atoms with Crippen molar-refractivity contribution in [3.05, 3.63) is 66.5 Å². The summed E-state index contributed by atoms with van der Waals surface area (Å²) in [6.45, 7) is 3.18. The van der Waals surface area contributed by atoms with E-state index in [1.165, 1.54) is 0 Å². The lowest BCUT2D eigenvalue weighted by molar-refractivity contribution is 0.259. The number of nitrogens with one attached hydrogen (secondary N) is 2. The Labute approximate surface area is 171 Å². The van der Waals surface area contributed by atoms with Crippen LogP contribution >= 0.6 is 0 Å². The molecule has 0 saturated carbocycles. The molecule has 152 valence electrons. The molecule has 0 amide bonds. The van der Waals surface area contributed by atoms with Gasteiger partial charge in [-0.25, -0.2) is 13.1 Å². The second-order valence-electron chi connectivity index (χ2n) is 7.38. The van der Waals surface area contributed by atoms with Crippen LogP contribution in [0.25, 0.3) is 21.8 Å². The molecule has 2 N–H and O–H groups in total. The summed E-state index contributed by atoms with van der Waals surface area (Å²) in [7, 11) is 0.414. The predicted molar refractivity (Wildman–Crippen MR) is 117 cm³/mol. The Hall–Kier alpha value is -2.61. The number of H-pyrrole nitrogens is 1. The van der Waals surface area contributed by atoms with Crippen LogP contribution in [-0.4, -0.2) is 43.0 Å². The van der Waals surface area contributed by atoms with Crippen LogP contribution in [0.1, 0.15) is 18.5 Å². The number of hydrogen-bond donors (Lipinski definition) is 2. The van der Waals surface area contributed by atoms with Gasteiger partial charge in [-0.2, -0.15) is 0 Å². The fourth-order valence-corrected chi connectivity index (χ4v) is 4.89. The molecule has 0 saturated heterocycles. The molecule has 0 aliphatic rings. The van der Waals surface area contributed by atoms with Crippen LogP contribution in [0.5, 0.6) is 0 Å². The summed E-state index contributed by atoms with van der Waals surface area (Å²) in [5.74, 6) is 0. The lowest BCUT2D eigenvalue weighted by Crippen LogP contribution is -2.36. The lowest BCUT2D eigenvalue weighted by atomic mass is 10.0. The lowest BCUT2D eigenvalue weighted by Gasteiger charge is -2.27. The van der Waals surface area contributed by atoms with Gasteiger partial charge in [-0.15, -0.1) is 0 Å². The highest BCUT2D eigenvalue weighted by Gasteiger charge is 2.24. The number of aryl methyl sites for hydroxylation is 1. The van der Waals surface area contributed by atoms with Crippen molar-refractivity contribution in [3.8, 4) is 0 Å². The van der Waals surface area contributed by atoms with E-state index >= 15 is 0 Å². The maximum Gasteiger partial charge on any atom is 0.240 e. The Bertz CT molecular complexity index is 1260. The van der Waals surface area contributed by atoms with Crippen molar-refractivity contribution in [1.82, 2.24) is 19.2 Å². The number of rotatable bonds is 7. The van der Waals surface area contributed by atoms with Gasteiger partial charge in [0, 0.05) is 42.4 Å². The molecule has 4 rings (SSSR count). The minimum Gasteiger partial charge on any atom is -0.361 e. The average Bonchev–Trinajstić information content (AvgIpc) is 3.32. The third-order valence-corrected chi connectivity index (χ3v) is 7.04. The number of nitrogens with zero attached hydrogens (tertiary/aromatic N) is 2. The third-order valence-electron chi connectivity index (χ3n) is 5.62. The minimum atomic E-state index is -3.62. The van der Waals surface area contributed by atoms with Gasteiger partial charge in [0.15, 0.2) is 0 Å².